The fourth-order valence-corrected chi connectivity index (χ4v) is 1.55. The molecule has 5 nitrogen and oxygen atoms in total. The molecule has 0 fully saturated rings. The molecule has 0 aliphatic carbocycles. The van der Waals surface area contributed by atoms with Gasteiger partial charge in [0.05, 0.1) is 6.61 Å². The van der Waals surface area contributed by atoms with E-state index in [1.165, 1.54) is 0 Å². The van der Waals surface area contributed by atoms with Gasteiger partial charge in [0.25, 0.3) is 0 Å². The van der Waals surface area contributed by atoms with Gasteiger partial charge in [0.2, 0.25) is 5.91 Å². The first-order valence-electron chi connectivity index (χ1n) is 6.39. The molecule has 2 N–H and O–H groups in total. The zero-order valence-electron chi connectivity index (χ0n) is 11.6. The second-order valence-electron chi connectivity index (χ2n) is 4.08. The van der Waals surface area contributed by atoms with Crippen LogP contribution >= 0.6 is 0 Å². The van der Waals surface area contributed by atoms with E-state index in [0.29, 0.717) is 32.7 Å². The largest absolute Gasteiger partial charge is 0.491 e. The topological polar surface area (TPSA) is 59.6 Å². The lowest BCUT2D eigenvalue weighted by molar-refractivity contribution is -0.121. The minimum absolute atomic E-state index is 0.0287. The molecule has 0 spiro atoms. The maximum atomic E-state index is 11.5. The third-order valence-electron chi connectivity index (χ3n) is 2.60. The molecule has 0 atom stereocenters. The highest BCUT2D eigenvalue weighted by Gasteiger charge is 2.05. The summed E-state index contributed by atoms with van der Waals surface area (Å²) in [5.74, 6) is 0.814. The van der Waals surface area contributed by atoms with Gasteiger partial charge in [-0.05, 0) is 13.1 Å². The number of benzene rings is 1. The average molecular weight is 266 g/mol. The van der Waals surface area contributed by atoms with Gasteiger partial charge >= 0.3 is 0 Å². The second kappa shape index (κ2) is 9.35. The monoisotopic (exact) mass is 266 g/mol. The zero-order valence-corrected chi connectivity index (χ0v) is 11.6. The van der Waals surface area contributed by atoms with E-state index in [1.54, 1.807) is 7.11 Å². The third-order valence-corrected chi connectivity index (χ3v) is 2.60. The molecule has 1 aromatic carbocycles. The van der Waals surface area contributed by atoms with E-state index < -0.39 is 0 Å². The summed E-state index contributed by atoms with van der Waals surface area (Å²) in [6.07, 6.45) is 0.475. The first-order chi connectivity index (χ1) is 9.27. The third kappa shape index (κ3) is 6.22. The quantitative estimate of drug-likeness (QED) is 0.653. The van der Waals surface area contributed by atoms with E-state index in [9.17, 15) is 4.79 Å². The van der Waals surface area contributed by atoms with Crippen molar-refractivity contribution in [1.29, 1.82) is 0 Å². The minimum atomic E-state index is 0.0287. The van der Waals surface area contributed by atoms with Gasteiger partial charge in [0.1, 0.15) is 12.4 Å². The molecule has 1 amide bonds. The number of amides is 1. The van der Waals surface area contributed by atoms with Gasteiger partial charge in [-0.2, -0.15) is 0 Å². The lowest BCUT2D eigenvalue weighted by Gasteiger charge is -2.12. The van der Waals surface area contributed by atoms with Crippen LogP contribution in [0.5, 0.6) is 5.75 Å². The number of nitrogens with one attached hydrogen (secondary N) is 2. The predicted octanol–water partition coefficient (Wildman–Crippen LogP) is 0.937. The lowest BCUT2D eigenvalue weighted by atomic mass is 10.2. The summed E-state index contributed by atoms with van der Waals surface area (Å²) in [6, 6.07) is 7.68. The maximum Gasteiger partial charge on any atom is 0.221 e. The Kier molecular flexibility index (Phi) is 7.62. The highest BCUT2D eigenvalue weighted by molar-refractivity contribution is 5.76. The van der Waals surface area contributed by atoms with Gasteiger partial charge in [-0.15, -0.1) is 0 Å². The van der Waals surface area contributed by atoms with Crippen LogP contribution in [0, 0.1) is 0 Å². The Labute approximate surface area is 114 Å². The minimum Gasteiger partial charge on any atom is -0.491 e. The van der Waals surface area contributed by atoms with E-state index >= 15 is 0 Å². The summed E-state index contributed by atoms with van der Waals surface area (Å²) in [4.78, 5) is 11.5. The van der Waals surface area contributed by atoms with Crippen LogP contribution in [0.3, 0.4) is 0 Å². The van der Waals surface area contributed by atoms with Gasteiger partial charge < -0.3 is 20.1 Å². The molecule has 0 aliphatic heterocycles. The van der Waals surface area contributed by atoms with Crippen LogP contribution in [-0.4, -0.2) is 39.8 Å². The summed E-state index contributed by atoms with van der Waals surface area (Å²) >= 11 is 0. The van der Waals surface area contributed by atoms with Crippen LogP contribution in [0.1, 0.15) is 12.0 Å². The van der Waals surface area contributed by atoms with Crippen molar-refractivity contribution in [2.45, 2.75) is 13.0 Å². The molecule has 0 unspecified atom stereocenters. The number of ether oxygens (including phenoxy) is 2. The van der Waals surface area contributed by atoms with Crippen LogP contribution in [0.15, 0.2) is 24.3 Å². The van der Waals surface area contributed by atoms with Gasteiger partial charge in [-0.25, -0.2) is 0 Å². The van der Waals surface area contributed by atoms with E-state index in [2.05, 4.69) is 10.6 Å². The fraction of sp³-hybridized carbons (Fsp3) is 0.500. The van der Waals surface area contributed by atoms with Crippen molar-refractivity contribution < 1.29 is 14.3 Å². The maximum absolute atomic E-state index is 11.5. The summed E-state index contributed by atoms with van der Waals surface area (Å²) in [7, 11) is 3.46. The van der Waals surface area contributed by atoms with Crippen molar-refractivity contribution in [3.63, 3.8) is 0 Å². The normalized spacial score (nSPS) is 10.2. The number of para-hydroxylation sites is 1. The van der Waals surface area contributed by atoms with Gasteiger partial charge in [0, 0.05) is 32.2 Å². The Morgan fingerprint density at radius 1 is 1.26 bits per heavy atom. The van der Waals surface area contributed by atoms with Gasteiger partial charge in [0.15, 0.2) is 0 Å². The van der Waals surface area contributed by atoms with Gasteiger partial charge in [-0.3, -0.25) is 4.79 Å². The molecule has 0 saturated carbocycles. The Balaban J connectivity index is 2.45. The van der Waals surface area contributed by atoms with Crippen LogP contribution in [0.25, 0.3) is 0 Å². The van der Waals surface area contributed by atoms with Crippen molar-refractivity contribution in [3.8, 4) is 5.75 Å². The van der Waals surface area contributed by atoms with Crippen molar-refractivity contribution in [3.05, 3.63) is 29.8 Å². The molecule has 0 bridgehead atoms. The van der Waals surface area contributed by atoms with Crippen LogP contribution < -0.4 is 15.4 Å². The first-order valence-corrected chi connectivity index (χ1v) is 6.39. The Morgan fingerprint density at radius 3 is 2.79 bits per heavy atom. The van der Waals surface area contributed by atoms with E-state index in [4.69, 9.17) is 9.47 Å². The Morgan fingerprint density at radius 2 is 2.05 bits per heavy atom. The average Bonchev–Trinajstić information content (AvgIpc) is 2.44. The molecular weight excluding hydrogens is 244 g/mol. The van der Waals surface area contributed by atoms with Gasteiger partial charge in [-0.1, -0.05) is 18.2 Å². The predicted molar refractivity (Wildman–Crippen MR) is 74.2 cm³/mol. The van der Waals surface area contributed by atoms with Crippen LogP contribution in [0.4, 0.5) is 0 Å². The molecule has 0 heterocycles. The highest BCUT2D eigenvalue weighted by atomic mass is 16.5. The lowest BCUT2D eigenvalue weighted by Crippen LogP contribution is -2.26. The van der Waals surface area contributed by atoms with E-state index in [1.807, 2.05) is 31.3 Å². The van der Waals surface area contributed by atoms with Crippen LogP contribution in [0.2, 0.25) is 0 Å². The SMILES string of the molecule is CNCCC(=O)NCc1ccccc1OCCOC. The Bertz CT molecular complexity index is 383. The summed E-state index contributed by atoms with van der Waals surface area (Å²) in [6.45, 7) is 2.20. The standard InChI is InChI=1S/C14H22N2O3/c1-15-8-7-14(17)16-11-12-5-3-4-6-13(12)19-10-9-18-2/h3-6,15H,7-11H2,1-2H3,(H,16,17). The Hall–Kier alpha value is -1.59. The summed E-state index contributed by atoms with van der Waals surface area (Å²) < 4.78 is 10.5. The van der Waals surface area contributed by atoms with E-state index in [-0.39, 0.29) is 5.91 Å². The first kappa shape index (κ1) is 15.5. The molecule has 5 heteroatoms. The smallest absolute Gasteiger partial charge is 0.221 e. The number of rotatable bonds is 9. The van der Waals surface area contributed by atoms with E-state index in [0.717, 1.165) is 11.3 Å². The number of hydrogen-bond acceptors (Lipinski definition) is 4. The number of carbonyl (C=O) groups is 1. The molecule has 1 rings (SSSR count). The van der Waals surface area contributed by atoms with Crippen molar-refractivity contribution in [1.82, 2.24) is 10.6 Å². The van der Waals surface area contributed by atoms with Crippen molar-refractivity contribution in [2.24, 2.45) is 0 Å². The van der Waals surface area contributed by atoms with Crippen LogP contribution in [-0.2, 0) is 16.1 Å². The molecule has 0 saturated heterocycles. The zero-order chi connectivity index (χ0) is 13.9. The summed E-state index contributed by atoms with van der Waals surface area (Å²) in [5, 5.41) is 5.82. The van der Waals surface area contributed by atoms with Crippen molar-refractivity contribution >= 4 is 5.91 Å². The molecule has 0 aromatic heterocycles. The fourth-order valence-electron chi connectivity index (χ4n) is 1.55. The summed E-state index contributed by atoms with van der Waals surface area (Å²) in [5.41, 5.74) is 0.969. The molecule has 106 valence electrons. The highest BCUT2D eigenvalue weighted by Crippen LogP contribution is 2.17. The molecule has 1 aromatic rings. The number of methoxy groups -OCH3 is 1. The number of hydrogen-bond donors (Lipinski definition) is 2. The molecule has 0 aliphatic rings. The molecular formula is C14H22N2O3. The molecule has 0 radical (unpaired) electrons. The molecule has 19 heavy (non-hydrogen) atoms. The van der Waals surface area contributed by atoms with Crippen molar-refractivity contribution in [2.75, 3.05) is 33.9 Å². The number of carbonyl (C=O) groups excluding carboxylic acids is 1. The second-order valence-corrected chi connectivity index (χ2v) is 4.08.